The molecule has 92 valence electrons. The molecule has 1 heterocycles. The van der Waals surface area contributed by atoms with Crippen LogP contribution in [0.4, 0.5) is 15.9 Å². The molecule has 0 aliphatic rings. The van der Waals surface area contributed by atoms with E-state index < -0.39 is 0 Å². The van der Waals surface area contributed by atoms with Crippen molar-refractivity contribution in [2.24, 2.45) is 5.73 Å². The number of rotatable bonds is 3. The van der Waals surface area contributed by atoms with E-state index in [9.17, 15) is 4.39 Å². The van der Waals surface area contributed by atoms with Crippen molar-refractivity contribution >= 4 is 17.3 Å². The fourth-order valence-corrected chi connectivity index (χ4v) is 1.61. The minimum Gasteiger partial charge on any atom is -0.382 e. The number of halogens is 1. The van der Waals surface area contributed by atoms with Crippen LogP contribution in [0.5, 0.6) is 0 Å². The van der Waals surface area contributed by atoms with Crippen LogP contribution in [0.25, 0.3) is 0 Å². The SMILES string of the molecule is CN(c1cccc(C(=N)N)n1)c1ccccc1F. The Bertz CT molecular complexity index is 583. The van der Waals surface area contributed by atoms with Crippen molar-refractivity contribution in [1.29, 1.82) is 5.41 Å². The van der Waals surface area contributed by atoms with Crippen LogP contribution in [0.15, 0.2) is 42.5 Å². The maximum absolute atomic E-state index is 13.6. The highest BCUT2D eigenvalue weighted by Crippen LogP contribution is 2.24. The fraction of sp³-hybridized carbons (Fsp3) is 0.0769. The zero-order chi connectivity index (χ0) is 13.1. The van der Waals surface area contributed by atoms with Gasteiger partial charge in [-0.15, -0.1) is 0 Å². The smallest absolute Gasteiger partial charge is 0.146 e. The number of pyridine rings is 1. The zero-order valence-corrected chi connectivity index (χ0v) is 9.89. The number of hydrogen-bond donors (Lipinski definition) is 2. The second-order valence-electron chi connectivity index (χ2n) is 3.81. The summed E-state index contributed by atoms with van der Waals surface area (Å²) in [6.07, 6.45) is 0. The fourth-order valence-electron chi connectivity index (χ4n) is 1.61. The molecule has 2 rings (SSSR count). The van der Waals surface area contributed by atoms with Crippen molar-refractivity contribution in [3.8, 4) is 0 Å². The molecule has 0 saturated heterocycles. The Morgan fingerprint density at radius 3 is 2.61 bits per heavy atom. The van der Waals surface area contributed by atoms with E-state index in [-0.39, 0.29) is 11.7 Å². The van der Waals surface area contributed by atoms with Gasteiger partial charge in [0.1, 0.15) is 23.2 Å². The molecule has 2 aromatic rings. The van der Waals surface area contributed by atoms with Crippen molar-refractivity contribution in [3.63, 3.8) is 0 Å². The van der Waals surface area contributed by atoms with Crippen molar-refractivity contribution in [2.75, 3.05) is 11.9 Å². The van der Waals surface area contributed by atoms with Gasteiger partial charge in [0.05, 0.1) is 5.69 Å². The monoisotopic (exact) mass is 244 g/mol. The van der Waals surface area contributed by atoms with E-state index in [1.165, 1.54) is 6.07 Å². The predicted octanol–water partition coefficient (Wildman–Crippen LogP) is 2.27. The molecule has 0 saturated carbocycles. The van der Waals surface area contributed by atoms with Gasteiger partial charge in [-0.3, -0.25) is 5.41 Å². The van der Waals surface area contributed by atoms with Crippen molar-refractivity contribution in [2.45, 2.75) is 0 Å². The van der Waals surface area contributed by atoms with Crippen LogP contribution in [-0.4, -0.2) is 17.9 Å². The summed E-state index contributed by atoms with van der Waals surface area (Å²) in [6.45, 7) is 0. The third kappa shape index (κ3) is 2.29. The lowest BCUT2D eigenvalue weighted by atomic mass is 10.2. The summed E-state index contributed by atoms with van der Waals surface area (Å²) in [5.41, 5.74) is 6.17. The number of nitrogen functional groups attached to an aromatic ring is 1. The highest BCUT2D eigenvalue weighted by atomic mass is 19.1. The van der Waals surface area contributed by atoms with Gasteiger partial charge in [-0.2, -0.15) is 0 Å². The summed E-state index contributed by atoms with van der Waals surface area (Å²) in [7, 11) is 1.71. The molecule has 3 N–H and O–H groups in total. The van der Waals surface area contributed by atoms with Crippen LogP contribution in [0.2, 0.25) is 0 Å². The van der Waals surface area contributed by atoms with Crippen LogP contribution >= 0.6 is 0 Å². The van der Waals surface area contributed by atoms with E-state index in [1.807, 2.05) is 0 Å². The molecule has 5 heteroatoms. The highest BCUT2D eigenvalue weighted by molar-refractivity contribution is 5.93. The first kappa shape index (κ1) is 12.0. The Kier molecular flexibility index (Phi) is 3.23. The predicted molar refractivity (Wildman–Crippen MR) is 69.7 cm³/mol. The molecule has 18 heavy (non-hydrogen) atoms. The third-order valence-electron chi connectivity index (χ3n) is 2.57. The van der Waals surface area contributed by atoms with Gasteiger partial charge in [0.15, 0.2) is 0 Å². The Morgan fingerprint density at radius 2 is 1.94 bits per heavy atom. The molecule has 0 atom stereocenters. The number of nitrogens with one attached hydrogen (secondary N) is 1. The summed E-state index contributed by atoms with van der Waals surface area (Å²) in [5.74, 6) is 0.0987. The zero-order valence-electron chi connectivity index (χ0n) is 9.89. The summed E-state index contributed by atoms with van der Waals surface area (Å²) in [4.78, 5) is 5.81. The number of anilines is 2. The number of aromatic nitrogens is 1. The molecule has 1 aromatic heterocycles. The van der Waals surface area contributed by atoms with E-state index in [1.54, 1.807) is 48.3 Å². The van der Waals surface area contributed by atoms with Crippen molar-refractivity contribution in [3.05, 3.63) is 54.0 Å². The lowest BCUT2D eigenvalue weighted by Crippen LogP contribution is -2.17. The number of hydrogen-bond acceptors (Lipinski definition) is 3. The molecule has 0 amide bonds. The van der Waals surface area contributed by atoms with Gasteiger partial charge in [-0.25, -0.2) is 9.37 Å². The first-order valence-electron chi connectivity index (χ1n) is 5.39. The molecule has 0 aliphatic heterocycles. The second-order valence-corrected chi connectivity index (χ2v) is 3.81. The Balaban J connectivity index is 2.40. The largest absolute Gasteiger partial charge is 0.382 e. The van der Waals surface area contributed by atoms with Crippen LogP contribution in [0, 0.1) is 11.2 Å². The van der Waals surface area contributed by atoms with Crippen LogP contribution in [0.3, 0.4) is 0 Å². The molecule has 0 unspecified atom stereocenters. The Labute approximate surface area is 104 Å². The number of para-hydroxylation sites is 1. The van der Waals surface area contributed by atoms with Crippen LogP contribution < -0.4 is 10.6 Å². The van der Waals surface area contributed by atoms with E-state index in [0.29, 0.717) is 17.2 Å². The van der Waals surface area contributed by atoms with E-state index >= 15 is 0 Å². The maximum atomic E-state index is 13.6. The number of nitrogens with zero attached hydrogens (tertiary/aromatic N) is 2. The summed E-state index contributed by atoms with van der Waals surface area (Å²) < 4.78 is 13.6. The molecule has 1 aromatic carbocycles. The molecule has 0 fully saturated rings. The van der Waals surface area contributed by atoms with Gasteiger partial charge >= 0.3 is 0 Å². The number of nitrogens with two attached hydrogens (primary N) is 1. The van der Waals surface area contributed by atoms with Crippen molar-refractivity contribution in [1.82, 2.24) is 4.98 Å². The second kappa shape index (κ2) is 4.83. The first-order valence-corrected chi connectivity index (χ1v) is 5.39. The lowest BCUT2D eigenvalue weighted by Gasteiger charge is -2.19. The summed E-state index contributed by atoms with van der Waals surface area (Å²) in [6, 6.07) is 11.5. The first-order chi connectivity index (χ1) is 8.59. The minimum absolute atomic E-state index is 0.112. The normalized spacial score (nSPS) is 10.1. The van der Waals surface area contributed by atoms with E-state index in [0.717, 1.165) is 0 Å². The number of benzene rings is 1. The quantitative estimate of drug-likeness (QED) is 0.643. The molecule has 0 aliphatic carbocycles. The van der Waals surface area contributed by atoms with Gasteiger partial charge in [0.25, 0.3) is 0 Å². The number of amidine groups is 1. The van der Waals surface area contributed by atoms with Gasteiger partial charge in [-0.05, 0) is 24.3 Å². The van der Waals surface area contributed by atoms with Gasteiger partial charge < -0.3 is 10.6 Å². The van der Waals surface area contributed by atoms with Crippen LogP contribution in [0.1, 0.15) is 5.69 Å². The Morgan fingerprint density at radius 1 is 1.22 bits per heavy atom. The standard InChI is InChI=1S/C13H13FN4/c1-18(11-7-3-2-5-9(11)14)12-8-4-6-10(17-12)13(15)16/h2-8H,1H3,(H3,15,16). The van der Waals surface area contributed by atoms with Gasteiger partial charge in [-0.1, -0.05) is 18.2 Å². The van der Waals surface area contributed by atoms with Crippen molar-refractivity contribution < 1.29 is 4.39 Å². The van der Waals surface area contributed by atoms with Gasteiger partial charge in [0, 0.05) is 7.05 Å². The lowest BCUT2D eigenvalue weighted by molar-refractivity contribution is 0.627. The average Bonchev–Trinajstić information content (AvgIpc) is 2.38. The average molecular weight is 244 g/mol. The molecule has 0 spiro atoms. The van der Waals surface area contributed by atoms with E-state index in [2.05, 4.69) is 4.98 Å². The minimum atomic E-state index is -0.324. The van der Waals surface area contributed by atoms with Crippen LogP contribution in [-0.2, 0) is 0 Å². The molecular weight excluding hydrogens is 231 g/mol. The van der Waals surface area contributed by atoms with E-state index in [4.69, 9.17) is 11.1 Å². The maximum Gasteiger partial charge on any atom is 0.146 e. The highest BCUT2D eigenvalue weighted by Gasteiger charge is 2.10. The molecular formula is C13H13FN4. The topological polar surface area (TPSA) is 66.0 Å². The summed E-state index contributed by atoms with van der Waals surface area (Å²) in [5, 5.41) is 7.34. The van der Waals surface area contributed by atoms with Gasteiger partial charge in [0.2, 0.25) is 0 Å². The third-order valence-corrected chi connectivity index (χ3v) is 2.57. The molecule has 0 radical (unpaired) electrons. The molecule has 0 bridgehead atoms. The molecule has 4 nitrogen and oxygen atoms in total. The summed E-state index contributed by atoms with van der Waals surface area (Å²) >= 11 is 0. The Hall–Kier alpha value is -2.43.